The maximum absolute atomic E-state index is 12.0. The van der Waals surface area contributed by atoms with E-state index in [9.17, 15) is 8.42 Å². The van der Waals surface area contributed by atoms with E-state index in [0.29, 0.717) is 11.4 Å². The van der Waals surface area contributed by atoms with Crippen LogP contribution in [0.25, 0.3) is 0 Å². The van der Waals surface area contributed by atoms with Gasteiger partial charge in [-0.15, -0.1) is 0 Å². The molecule has 1 aromatic carbocycles. The first-order valence-electron chi connectivity index (χ1n) is 5.33. The molecule has 0 aliphatic rings. The third-order valence-electron chi connectivity index (χ3n) is 2.57. The van der Waals surface area contributed by atoms with E-state index in [4.69, 9.17) is 5.73 Å². The second kappa shape index (κ2) is 4.79. The Labute approximate surface area is 105 Å². The molecule has 0 atom stereocenters. The lowest BCUT2D eigenvalue weighted by atomic mass is 10.2. The Hall–Kier alpha value is -1.86. The molecular weight excluding hydrogens is 252 g/mol. The van der Waals surface area contributed by atoms with E-state index in [0.717, 1.165) is 5.56 Å². The summed E-state index contributed by atoms with van der Waals surface area (Å²) in [6, 6.07) is 6.36. The van der Waals surface area contributed by atoms with Gasteiger partial charge in [-0.05, 0) is 30.7 Å². The molecule has 0 bridgehead atoms. The summed E-state index contributed by atoms with van der Waals surface area (Å²) in [4.78, 5) is 0.158. The van der Waals surface area contributed by atoms with Crippen molar-refractivity contribution in [3.63, 3.8) is 0 Å². The lowest BCUT2D eigenvalue weighted by Crippen LogP contribution is -2.23. The highest BCUT2D eigenvalue weighted by atomic mass is 32.2. The van der Waals surface area contributed by atoms with Crippen molar-refractivity contribution in [2.24, 2.45) is 0 Å². The van der Waals surface area contributed by atoms with E-state index < -0.39 is 10.0 Å². The molecule has 96 valence electrons. The fourth-order valence-corrected chi connectivity index (χ4v) is 2.47. The maximum Gasteiger partial charge on any atom is 0.240 e. The molecule has 7 heteroatoms. The number of aryl methyl sites for hydroxylation is 1. The Morgan fingerprint density at radius 3 is 2.78 bits per heavy atom. The van der Waals surface area contributed by atoms with Crippen molar-refractivity contribution >= 4 is 15.7 Å². The molecule has 0 unspecified atom stereocenters. The zero-order chi connectivity index (χ0) is 13.2. The molecule has 1 heterocycles. The standard InChI is InChI=1S/C11H14N4O2S/c1-8-2-3-10(6-11(8)12)18(16,17)14-7-9-4-5-13-15-9/h2-6,14H,7,12H2,1H3,(H,13,15). The van der Waals surface area contributed by atoms with Crippen LogP contribution in [-0.4, -0.2) is 18.6 Å². The lowest BCUT2D eigenvalue weighted by Gasteiger charge is -2.07. The van der Waals surface area contributed by atoms with Gasteiger partial charge < -0.3 is 5.73 Å². The van der Waals surface area contributed by atoms with Crippen LogP contribution in [0.3, 0.4) is 0 Å². The van der Waals surface area contributed by atoms with Crippen LogP contribution < -0.4 is 10.5 Å². The first-order chi connectivity index (χ1) is 8.49. The van der Waals surface area contributed by atoms with Gasteiger partial charge >= 0.3 is 0 Å². The van der Waals surface area contributed by atoms with Gasteiger partial charge in [0.15, 0.2) is 0 Å². The Morgan fingerprint density at radius 1 is 1.39 bits per heavy atom. The van der Waals surface area contributed by atoms with Crippen molar-refractivity contribution in [2.75, 3.05) is 5.73 Å². The highest BCUT2D eigenvalue weighted by Crippen LogP contribution is 2.17. The van der Waals surface area contributed by atoms with Crippen LogP contribution in [0.2, 0.25) is 0 Å². The van der Waals surface area contributed by atoms with Crippen molar-refractivity contribution in [3.8, 4) is 0 Å². The van der Waals surface area contributed by atoms with Crippen molar-refractivity contribution in [3.05, 3.63) is 41.7 Å². The number of nitrogens with two attached hydrogens (primary N) is 1. The average molecular weight is 266 g/mol. The van der Waals surface area contributed by atoms with Crippen LogP contribution in [0, 0.1) is 6.92 Å². The molecule has 2 rings (SSSR count). The van der Waals surface area contributed by atoms with Gasteiger partial charge in [-0.25, -0.2) is 13.1 Å². The lowest BCUT2D eigenvalue weighted by molar-refractivity contribution is 0.580. The monoisotopic (exact) mass is 266 g/mol. The Balaban J connectivity index is 2.17. The Kier molecular flexibility index (Phi) is 3.35. The van der Waals surface area contributed by atoms with Crippen LogP contribution in [-0.2, 0) is 16.6 Å². The number of aromatic amines is 1. The van der Waals surface area contributed by atoms with Crippen molar-refractivity contribution in [1.82, 2.24) is 14.9 Å². The third-order valence-corrected chi connectivity index (χ3v) is 3.97. The molecule has 1 aromatic heterocycles. The predicted octanol–water partition coefficient (Wildman–Crippen LogP) is 0.779. The van der Waals surface area contributed by atoms with Crippen molar-refractivity contribution < 1.29 is 8.42 Å². The summed E-state index contributed by atoms with van der Waals surface area (Å²) >= 11 is 0. The number of H-pyrrole nitrogens is 1. The fraction of sp³-hybridized carbons (Fsp3) is 0.182. The number of benzene rings is 1. The van der Waals surface area contributed by atoms with Gasteiger partial charge in [0.05, 0.1) is 17.1 Å². The zero-order valence-electron chi connectivity index (χ0n) is 9.84. The summed E-state index contributed by atoms with van der Waals surface area (Å²) in [5.74, 6) is 0. The normalized spacial score (nSPS) is 11.6. The zero-order valence-corrected chi connectivity index (χ0v) is 10.7. The van der Waals surface area contributed by atoms with Gasteiger partial charge in [-0.3, -0.25) is 5.10 Å². The minimum absolute atomic E-state index is 0.158. The number of nitrogens with zero attached hydrogens (tertiary/aromatic N) is 1. The second-order valence-electron chi connectivity index (χ2n) is 3.92. The van der Waals surface area contributed by atoms with E-state index in [-0.39, 0.29) is 11.4 Å². The number of anilines is 1. The smallest absolute Gasteiger partial charge is 0.240 e. The van der Waals surface area contributed by atoms with E-state index in [1.54, 1.807) is 18.3 Å². The van der Waals surface area contributed by atoms with Crippen molar-refractivity contribution in [2.45, 2.75) is 18.4 Å². The number of hydrogen-bond donors (Lipinski definition) is 3. The number of sulfonamides is 1. The van der Waals surface area contributed by atoms with Crippen LogP contribution >= 0.6 is 0 Å². The number of rotatable bonds is 4. The van der Waals surface area contributed by atoms with Gasteiger partial charge in [0.2, 0.25) is 10.0 Å². The molecule has 6 nitrogen and oxygen atoms in total. The van der Waals surface area contributed by atoms with Gasteiger partial charge in [0.25, 0.3) is 0 Å². The molecule has 0 amide bonds. The molecule has 0 aliphatic heterocycles. The quantitative estimate of drug-likeness (QED) is 0.712. The molecule has 0 aliphatic carbocycles. The Morgan fingerprint density at radius 2 is 2.17 bits per heavy atom. The first-order valence-corrected chi connectivity index (χ1v) is 6.81. The molecule has 4 N–H and O–H groups in total. The average Bonchev–Trinajstić information content (AvgIpc) is 2.83. The third kappa shape index (κ3) is 2.69. The van der Waals surface area contributed by atoms with Gasteiger partial charge in [-0.2, -0.15) is 5.10 Å². The summed E-state index contributed by atoms with van der Waals surface area (Å²) in [5, 5.41) is 6.42. The fourth-order valence-electron chi connectivity index (χ4n) is 1.42. The summed E-state index contributed by atoms with van der Waals surface area (Å²) in [7, 11) is -3.55. The van der Waals surface area contributed by atoms with Crippen LogP contribution in [0.15, 0.2) is 35.4 Å². The molecule has 0 radical (unpaired) electrons. The largest absolute Gasteiger partial charge is 0.398 e. The van der Waals surface area contributed by atoms with E-state index in [1.807, 2.05) is 6.92 Å². The molecule has 0 fully saturated rings. The highest BCUT2D eigenvalue weighted by Gasteiger charge is 2.14. The van der Waals surface area contributed by atoms with E-state index >= 15 is 0 Å². The Bertz CT molecular complexity index is 635. The molecule has 0 saturated carbocycles. The molecule has 0 spiro atoms. The molecule has 18 heavy (non-hydrogen) atoms. The van der Waals surface area contributed by atoms with Crippen LogP contribution in [0.4, 0.5) is 5.69 Å². The first kappa shape index (κ1) is 12.6. The molecule has 2 aromatic rings. The minimum Gasteiger partial charge on any atom is -0.398 e. The summed E-state index contributed by atoms with van der Waals surface area (Å²) in [5.41, 5.74) is 7.70. The second-order valence-corrected chi connectivity index (χ2v) is 5.69. The van der Waals surface area contributed by atoms with Gasteiger partial charge in [-0.1, -0.05) is 6.07 Å². The van der Waals surface area contributed by atoms with E-state index in [1.165, 1.54) is 12.1 Å². The SMILES string of the molecule is Cc1ccc(S(=O)(=O)NCc2ccn[nH]2)cc1N. The van der Waals surface area contributed by atoms with E-state index in [2.05, 4.69) is 14.9 Å². The van der Waals surface area contributed by atoms with Crippen LogP contribution in [0.1, 0.15) is 11.3 Å². The number of nitrogen functional groups attached to an aromatic ring is 1. The molecule has 0 saturated heterocycles. The summed E-state index contributed by atoms with van der Waals surface area (Å²) < 4.78 is 26.4. The number of aromatic nitrogens is 2. The minimum atomic E-state index is -3.55. The van der Waals surface area contributed by atoms with Gasteiger partial charge in [0.1, 0.15) is 0 Å². The van der Waals surface area contributed by atoms with Crippen LogP contribution in [0.5, 0.6) is 0 Å². The van der Waals surface area contributed by atoms with Gasteiger partial charge in [0, 0.05) is 11.9 Å². The highest BCUT2D eigenvalue weighted by molar-refractivity contribution is 7.89. The van der Waals surface area contributed by atoms with Crippen molar-refractivity contribution in [1.29, 1.82) is 0 Å². The summed E-state index contributed by atoms with van der Waals surface area (Å²) in [6.45, 7) is 1.99. The predicted molar refractivity (Wildman–Crippen MR) is 68.2 cm³/mol. The topological polar surface area (TPSA) is 101 Å². The number of nitrogens with one attached hydrogen (secondary N) is 2. The molecular formula is C11H14N4O2S. The summed E-state index contributed by atoms with van der Waals surface area (Å²) in [6.07, 6.45) is 1.56. The maximum atomic E-state index is 12.0. The number of hydrogen-bond acceptors (Lipinski definition) is 4.